The molecule has 0 aromatic heterocycles. The minimum absolute atomic E-state index is 0.0382. The summed E-state index contributed by atoms with van der Waals surface area (Å²) < 4.78 is 24.7. The molecular formula is C29H36O6. The number of allylic oxidation sites excluding steroid dienone is 1. The Balaban J connectivity index is 1.54. The fourth-order valence-corrected chi connectivity index (χ4v) is 8.02. The second kappa shape index (κ2) is 7.75. The van der Waals surface area contributed by atoms with Gasteiger partial charge < -0.3 is 24.1 Å². The summed E-state index contributed by atoms with van der Waals surface area (Å²) in [7, 11) is 3.50. The number of benzene rings is 1. The van der Waals surface area contributed by atoms with Crippen LogP contribution >= 0.6 is 0 Å². The Bertz CT molecular complexity index is 1110. The SMILES string of the molecule is CO[C@H]1C2=C[C@@]23C(C2CO[C@@H]2C[C@@H]3OC)[C@H](OC(=O)c2ccccc2)[C@]2(O)CCC(C)=C1C2(C)C. The van der Waals surface area contributed by atoms with Gasteiger partial charge in [-0.3, -0.25) is 0 Å². The Labute approximate surface area is 207 Å². The number of esters is 1. The first-order chi connectivity index (χ1) is 16.7. The first-order valence-corrected chi connectivity index (χ1v) is 12.8. The molecule has 1 aliphatic heterocycles. The lowest BCUT2D eigenvalue weighted by atomic mass is 9.49. The van der Waals surface area contributed by atoms with Crippen molar-refractivity contribution in [2.75, 3.05) is 20.8 Å². The highest BCUT2D eigenvalue weighted by atomic mass is 16.6. The van der Waals surface area contributed by atoms with Crippen molar-refractivity contribution in [3.8, 4) is 0 Å². The second-order valence-corrected chi connectivity index (χ2v) is 11.6. The van der Waals surface area contributed by atoms with Crippen molar-refractivity contribution >= 4 is 5.97 Å². The van der Waals surface area contributed by atoms with Gasteiger partial charge in [-0.1, -0.05) is 43.7 Å². The van der Waals surface area contributed by atoms with Gasteiger partial charge >= 0.3 is 5.97 Å². The lowest BCUT2D eigenvalue weighted by Gasteiger charge is -2.62. The van der Waals surface area contributed by atoms with Crippen LogP contribution in [0.4, 0.5) is 0 Å². The Morgan fingerprint density at radius 3 is 2.51 bits per heavy atom. The van der Waals surface area contributed by atoms with Crippen LogP contribution in [-0.4, -0.2) is 61.9 Å². The number of carbonyl (C=O) groups excluding carboxylic acids is 1. The van der Waals surface area contributed by atoms with Gasteiger partial charge in [-0.15, -0.1) is 0 Å². The minimum Gasteiger partial charge on any atom is -0.455 e. The molecule has 6 rings (SSSR count). The lowest BCUT2D eigenvalue weighted by molar-refractivity contribution is -0.262. The quantitative estimate of drug-likeness (QED) is 0.517. The Hall–Kier alpha value is -1.99. The van der Waals surface area contributed by atoms with E-state index in [0.717, 1.165) is 18.4 Å². The van der Waals surface area contributed by atoms with Gasteiger partial charge in [0.25, 0.3) is 0 Å². The maximum Gasteiger partial charge on any atom is 0.338 e. The van der Waals surface area contributed by atoms with Crippen LogP contribution in [0.1, 0.15) is 50.4 Å². The Morgan fingerprint density at radius 2 is 1.89 bits per heavy atom. The Morgan fingerprint density at radius 1 is 1.14 bits per heavy atom. The molecule has 1 saturated heterocycles. The predicted molar refractivity (Wildman–Crippen MR) is 130 cm³/mol. The zero-order valence-corrected chi connectivity index (χ0v) is 21.2. The molecule has 188 valence electrons. The van der Waals surface area contributed by atoms with Gasteiger partial charge in [-0.25, -0.2) is 4.79 Å². The number of carbonyl (C=O) groups is 1. The third-order valence-corrected chi connectivity index (χ3v) is 9.99. The fraction of sp³-hybridized carbons (Fsp3) is 0.621. The van der Waals surface area contributed by atoms with Gasteiger partial charge in [0, 0.05) is 43.3 Å². The van der Waals surface area contributed by atoms with Crippen LogP contribution in [0.2, 0.25) is 0 Å². The number of rotatable bonds is 4. The van der Waals surface area contributed by atoms with Crippen LogP contribution in [0.25, 0.3) is 0 Å². The van der Waals surface area contributed by atoms with Crippen molar-refractivity contribution in [3.05, 3.63) is 58.7 Å². The minimum atomic E-state index is -1.27. The summed E-state index contributed by atoms with van der Waals surface area (Å²) in [6.45, 7) is 6.92. The van der Waals surface area contributed by atoms with Gasteiger partial charge in [0.15, 0.2) is 0 Å². The van der Waals surface area contributed by atoms with Gasteiger partial charge in [0.2, 0.25) is 0 Å². The summed E-state index contributed by atoms with van der Waals surface area (Å²) in [4.78, 5) is 13.5. The van der Waals surface area contributed by atoms with E-state index in [-0.39, 0.29) is 30.1 Å². The first-order valence-electron chi connectivity index (χ1n) is 12.8. The number of ether oxygens (including phenoxy) is 4. The van der Waals surface area contributed by atoms with Crippen LogP contribution in [-0.2, 0) is 18.9 Å². The molecule has 1 spiro atoms. The average molecular weight is 481 g/mol. The predicted octanol–water partition coefficient (Wildman–Crippen LogP) is 4.08. The van der Waals surface area contributed by atoms with E-state index in [4.69, 9.17) is 18.9 Å². The van der Waals surface area contributed by atoms with Crippen LogP contribution < -0.4 is 0 Å². The van der Waals surface area contributed by atoms with Crippen LogP contribution in [0.15, 0.2) is 53.1 Å². The van der Waals surface area contributed by atoms with E-state index >= 15 is 0 Å². The van der Waals surface area contributed by atoms with Gasteiger partial charge in [-0.2, -0.15) is 0 Å². The highest BCUT2D eigenvalue weighted by Gasteiger charge is 2.74. The number of hydrogen-bond acceptors (Lipinski definition) is 6. The normalized spacial score (nSPS) is 42.9. The van der Waals surface area contributed by atoms with E-state index in [2.05, 4.69) is 26.8 Å². The summed E-state index contributed by atoms with van der Waals surface area (Å²) in [5.74, 6) is -0.371. The molecule has 1 aromatic carbocycles. The van der Waals surface area contributed by atoms with Crippen molar-refractivity contribution in [3.63, 3.8) is 0 Å². The van der Waals surface area contributed by atoms with E-state index in [1.807, 2.05) is 18.2 Å². The van der Waals surface area contributed by atoms with E-state index in [1.54, 1.807) is 26.4 Å². The van der Waals surface area contributed by atoms with Crippen molar-refractivity contribution in [2.24, 2.45) is 22.7 Å². The molecule has 2 bridgehead atoms. The van der Waals surface area contributed by atoms with Crippen LogP contribution in [0.5, 0.6) is 0 Å². The molecule has 1 heterocycles. The smallest absolute Gasteiger partial charge is 0.338 e. The van der Waals surface area contributed by atoms with E-state index in [9.17, 15) is 9.90 Å². The summed E-state index contributed by atoms with van der Waals surface area (Å²) in [6.07, 6.45) is 3.32. The summed E-state index contributed by atoms with van der Waals surface area (Å²) in [5, 5.41) is 12.7. The molecule has 5 aliphatic rings. The maximum absolute atomic E-state index is 13.5. The van der Waals surface area contributed by atoms with Crippen molar-refractivity contribution < 1.29 is 28.8 Å². The topological polar surface area (TPSA) is 74.2 Å². The zero-order valence-electron chi connectivity index (χ0n) is 21.2. The fourth-order valence-electron chi connectivity index (χ4n) is 8.02. The lowest BCUT2D eigenvalue weighted by Crippen LogP contribution is -2.70. The second-order valence-electron chi connectivity index (χ2n) is 11.6. The van der Waals surface area contributed by atoms with Gasteiger partial charge in [0.05, 0.1) is 24.4 Å². The standard InChI is InChI=1S/C29H36O6/c1-16-11-12-29(31)25(35-26(30)17-9-7-6-8-10-17)23-18-15-34-20(18)13-21(32-4)28(23)14-19(28)24(33-5)22(16)27(29,2)3/h6-10,14,18,20-21,23-25,31H,11-13,15H2,1-5H3/t18?,20-,21+,23?,24+,25+,28-,29-/m1/s1. The molecule has 6 nitrogen and oxygen atoms in total. The molecule has 2 saturated carbocycles. The monoisotopic (exact) mass is 480 g/mol. The summed E-state index contributed by atoms with van der Waals surface area (Å²) >= 11 is 0. The average Bonchev–Trinajstić information content (AvgIpc) is 3.55. The molecule has 3 fully saturated rings. The summed E-state index contributed by atoms with van der Waals surface area (Å²) in [5.41, 5.74) is 1.70. The number of hydrogen-bond donors (Lipinski definition) is 1. The molecule has 1 N–H and O–H groups in total. The third kappa shape index (κ3) is 2.94. The number of methoxy groups -OCH3 is 2. The van der Waals surface area contributed by atoms with E-state index < -0.39 is 28.5 Å². The highest BCUT2D eigenvalue weighted by molar-refractivity contribution is 5.89. The molecule has 2 unspecified atom stereocenters. The third-order valence-electron chi connectivity index (χ3n) is 9.99. The van der Waals surface area contributed by atoms with Crippen LogP contribution in [0, 0.1) is 22.7 Å². The maximum atomic E-state index is 13.5. The summed E-state index contributed by atoms with van der Waals surface area (Å²) in [6, 6.07) is 9.08. The largest absolute Gasteiger partial charge is 0.455 e. The van der Waals surface area contributed by atoms with Crippen molar-refractivity contribution in [1.29, 1.82) is 0 Å². The van der Waals surface area contributed by atoms with Crippen LogP contribution in [0.3, 0.4) is 0 Å². The molecule has 4 aliphatic carbocycles. The first kappa shape index (κ1) is 23.4. The van der Waals surface area contributed by atoms with E-state index in [1.165, 1.54) is 11.1 Å². The highest BCUT2D eigenvalue weighted by Crippen LogP contribution is 2.71. The van der Waals surface area contributed by atoms with Gasteiger partial charge in [-0.05, 0) is 43.0 Å². The molecule has 1 aromatic rings. The molecular weight excluding hydrogens is 444 g/mol. The zero-order chi connectivity index (χ0) is 24.8. The number of fused-ring (bicyclic) bond motifs is 4. The number of aliphatic hydroxyl groups is 1. The van der Waals surface area contributed by atoms with Crippen molar-refractivity contribution in [1.82, 2.24) is 0 Å². The van der Waals surface area contributed by atoms with E-state index in [0.29, 0.717) is 18.6 Å². The molecule has 0 radical (unpaired) electrons. The van der Waals surface area contributed by atoms with Gasteiger partial charge in [0.1, 0.15) is 17.8 Å². The molecule has 0 amide bonds. The molecule has 8 atom stereocenters. The van der Waals surface area contributed by atoms with Crippen molar-refractivity contribution in [2.45, 2.75) is 70.1 Å². The molecule has 35 heavy (non-hydrogen) atoms. The Kier molecular flexibility index (Phi) is 5.19. The molecule has 6 heteroatoms.